The normalized spacial score (nSPS) is 31.6. The van der Waals surface area contributed by atoms with Crippen molar-refractivity contribution in [1.82, 2.24) is 10.2 Å². The minimum Gasteiger partial charge on any atom is -0.326 e. The van der Waals surface area contributed by atoms with Gasteiger partial charge in [-0.15, -0.1) is 0 Å². The number of carbonyl (C=O) groups excluding carboxylic acids is 1. The van der Waals surface area contributed by atoms with E-state index >= 15 is 0 Å². The van der Waals surface area contributed by atoms with Gasteiger partial charge in [-0.1, -0.05) is 32.6 Å². The summed E-state index contributed by atoms with van der Waals surface area (Å²) in [5.41, 5.74) is 0. The van der Waals surface area contributed by atoms with Crippen LogP contribution >= 0.6 is 0 Å². The van der Waals surface area contributed by atoms with Gasteiger partial charge in [-0.25, -0.2) is 0 Å². The third-order valence-corrected chi connectivity index (χ3v) is 4.15. The highest BCUT2D eigenvalue weighted by Gasteiger charge is 2.35. The number of nitrogens with one attached hydrogen (secondary N) is 1. The summed E-state index contributed by atoms with van der Waals surface area (Å²) in [5, 5.41) is 3.36. The molecule has 2 rings (SSSR count). The van der Waals surface area contributed by atoms with Gasteiger partial charge in [-0.3, -0.25) is 10.1 Å². The Kier molecular flexibility index (Phi) is 3.85. The van der Waals surface area contributed by atoms with E-state index in [0.29, 0.717) is 5.91 Å². The van der Waals surface area contributed by atoms with E-state index in [4.69, 9.17) is 0 Å². The number of hydrogen-bond acceptors (Lipinski definition) is 2. The maximum absolute atomic E-state index is 12.0. The van der Waals surface area contributed by atoms with Crippen LogP contribution in [0.4, 0.5) is 0 Å². The number of rotatable bonds is 4. The fourth-order valence-corrected chi connectivity index (χ4v) is 3.06. The van der Waals surface area contributed by atoms with E-state index in [1.54, 1.807) is 0 Å². The molecule has 0 radical (unpaired) electrons. The van der Waals surface area contributed by atoms with E-state index < -0.39 is 0 Å². The zero-order chi connectivity index (χ0) is 11.5. The van der Waals surface area contributed by atoms with Gasteiger partial charge in [0.2, 0.25) is 5.91 Å². The average molecular weight is 224 g/mol. The monoisotopic (exact) mass is 224 g/mol. The second kappa shape index (κ2) is 5.17. The van der Waals surface area contributed by atoms with E-state index in [1.807, 2.05) is 4.90 Å². The lowest BCUT2D eigenvalue weighted by molar-refractivity contribution is -0.130. The third-order valence-electron chi connectivity index (χ3n) is 4.15. The summed E-state index contributed by atoms with van der Waals surface area (Å²) in [5.74, 6) is 1.19. The van der Waals surface area contributed by atoms with E-state index in [9.17, 15) is 4.79 Å². The van der Waals surface area contributed by atoms with Crippen LogP contribution in [-0.2, 0) is 4.79 Å². The van der Waals surface area contributed by atoms with Crippen molar-refractivity contribution in [2.24, 2.45) is 5.92 Å². The predicted octanol–water partition coefficient (Wildman–Crippen LogP) is 2.12. The molecule has 1 saturated carbocycles. The molecule has 92 valence electrons. The summed E-state index contributed by atoms with van der Waals surface area (Å²) in [4.78, 5) is 14.0. The summed E-state index contributed by atoms with van der Waals surface area (Å²) in [6, 6.07) is 0.0681. The zero-order valence-corrected chi connectivity index (χ0v) is 10.5. The van der Waals surface area contributed by atoms with E-state index in [0.717, 1.165) is 18.9 Å². The molecular weight excluding hydrogens is 200 g/mol. The molecule has 1 aliphatic heterocycles. The highest BCUT2D eigenvalue weighted by Crippen LogP contribution is 2.28. The van der Waals surface area contributed by atoms with Gasteiger partial charge < -0.3 is 4.90 Å². The predicted molar refractivity (Wildman–Crippen MR) is 65.0 cm³/mol. The van der Waals surface area contributed by atoms with Crippen molar-refractivity contribution >= 4 is 5.91 Å². The smallest absolute Gasteiger partial charge is 0.240 e. The molecule has 1 aliphatic carbocycles. The Morgan fingerprint density at radius 2 is 2.06 bits per heavy atom. The van der Waals surface area contributed by atoms with Crippen molar-refractivity contribution in [3.63, 3.8) is 0 Å². The molecule has 1 N–H and O–H groups in total. The molecule has 16 heavy (non-hydrogen) atoms. The first-order chi connectivity index (χ1) is 7.72. The van der Waals surface area contributed by atoms with Gasteiger partial charge in [-0.2, -0.15) is 0 Å². The first-order valence-electron chi connectivity index (χ1n) is 6.79. The molecule has 1 amide bonds. The highest BCUT2D eigenvalue weighted by molar-refractivity contribution is 5.84. The van der Waals surface area contributed by atoms with Gasteiger partial charge in [-0.05, 0) is 25.7 Å². The van der Waals surface area contributed by atoms with Gasteiger partial charge in [0, 0.05) is 6.54 Å². The maximum atomic E-state index is 12.0. The van der Waals surface area contributed by atoms with Crippen molar-refractivity contribution in [1.29, 1.82) is 0 Å². The summed E-state index contributed by atoms with van der Waals surface area (Å²) in [6.07, 6.45) is 7.88. The third kappa shape index (κ3) is 2.40. The van der Waals surface area contributed by atoms with Crippen molar-refractivity contribution in [3.05, 3.63) is 0 Å². The molecular formula is C13H24N2O. The Hall–Kier alpha value is -0.570. The Balaban J connectivity index is 1.82. The van der Waals surface area contributed by atoms with Crippen LogP contribution in [0.3, 0.4) is 0 Å². The minimum atomic E-state index is 0.0681. The fraction of sp³-hybridized carbons (Fsp3) is 0.923. The molecule has 2 atom stereocenters. The molecule has 2 fully saturated rings. The fourth-order valence-electron chi connectivity index (χ4n) is 3.06. The number of amides is 1. The number of carbonyl (C=O) groups is 1. The van der Waals surface area contributed by atoms with Gasteiger partial charge in [0.25, 0.3) is 0 Å². The summed E-state index contributed by atoms with van der Waals surface area (Å²) >= 11 is 0. The highest BCUT2D eigenvalue weighted by atomic mass is 16.2. The van der Waals surface area contributed by atoms with E-state index in [-0.39, 0.29) is 12.2 Å². The Bertz CT molecular complexity index is 248. The standard InChI is InChI=1S/C13H24N2O/c1-3-12-13(16)15(10(2)14-12)9-8-11-6-4-5-7-11/h10-12,14H,3-9H2,1-2H3. The van der Waals surface area contributed by atoms with E-state index in [2.05, 4.69) is 19.2 Å². The molecule has 0 spiro atoms. The van der Waals surface area contributed by atoms with Crippen LogP contribution in [0.5, 0.6) is 0 Å². The molecule has 0 aromatic rings. The molecule has 1 saturated heterocycles. The number of hydrogen-bond donors (Lipinski definition) is 1. The first-order valence-corrected chi connectivity index (χ1v) is 6.79. The summed E-state index contributed by atoms with van der Waals surface area (Å²) < 4.78 is 0. The van der Waals surface area contributed by atoms with Gasteiger partial charge >= 0.3 is 0 Å². The molecule has 3 heteroatoms. The molecule has 0 aromatic carbocycles. The van der Waals surface area contributed by atoms with Crippen LogP contribution < -0.4 is 5.32 Å². The average Bonchev–Trinajstić information content (AvgIpc) is 2.86. The van der Waals surface area contributed by atoms with Gasteiger partial charge in [0.1, 0.15) is 0 Å². The molecule has 0 aromatic heterocycles. The molecule has 1 heterocycles. The lowest BCUT2D eigenvalue weighted by Crippen LogP contribution is -2.36. The van der Waals surface area contributed by atoms with Crippen molar-refractivity contribution in [3.8, 4) is 0 Å². The molecule has 2 aliphatic rings. The van der Waals surface area contributed by atoms with Crippen LogP contribution in [0, 0.1) is 5.92 Å². The Morgan fingerprint density at radius 3 is 2.62 bits per heavy atom. The molecule has 2 unspecified atom stereocenters. The SMILES string of the molecule is CCC1NC(C)N(CCC2CCCC2)C1=O. The Morgan fingerprint density at radius 1 is 1.38 bits per heavy atom. The van der Waals surface area contributed by atoms with Crippen LogP contribution in [0.25, 0.3) is 0 Å². The largest absolute Gasteiger partial charge is 0.326 e. The minimum absolute atomic E-state index is 0.0681. The van der Waals surface area contributed by atoms with Crippen LogP contribution in [-0.4, -0.2) is 29.6 Å². The maximum Gasteiger partial charge on any atom is 0.240 e. The van der Waals surface area contributed by atoms with Gasteiger partial charge in [0.15, 0.2) is 0 Å². The summed E-state index contributed by atoms with van der Waals surface area (Å²) in [6.45, 7) is 5.12. The van der Waals surface area contributed by atoms with Crippen molar-refractivity contribution in [2.75, 3.05) is 6.54 Å². The second-order valence-corrected chi connectivity index (χ2v) is 5.27. The molecule has 3 nitrogen and oxygen atoms in total. The first kappa shape index (κ1) is 11.9. The van der Waals surface area contributed by atoms with Crippen LogP contribution in [0.1, 0.15) is 52.4 Å². The van der Waals surface area contributed by atoms with Crippen molar-refractivity contribution in [2.45, 2.75) is 64.6 Å². The topological polar surface area (TPSA) is 32.3 Å². The summed E-state index contributed by atoms with van der Waals surface area (Å²) in [7, 11) is 0. The quantitative estimate of drug-likeness (QED) is 0.793. The van der Waals surface area contributed by atoms with Crippen LogP contribution in [0.15, 0.2) is 0 Å². The van der Waals surface area contributed by atoms with E-state index in [1.165, 1.54) is 32.1 Å². The van der Waals surface area contributed by atoms with Crippen LogP contribution in [0.2, 0.25) is 0 Å². The second-order valence-electron chi connectivity index (χ2n) is 5.27. The lowest BCUT2D eigenvalue weighted by atomic mass is 10.0. The van der Waals surface area contributed by atoms with Crippen molar-refractivity contribution < 1.29 is 4.79 Å². The molecule has 0 bridgehead atoms. The number of nitrogens with zero attached hydrogens (tertiary/aromatic N) is 1. The zero-order valence-electron chi connectivity index (χ0n) is 10.5. The van der Waals surface area contributed by atoms with Gasteiger partial charge in [0.05, 0.1) is 12.2 Å². The lowest BCUT2D eigenvalue weighted by Gasteiger charge is -2.22. The Labute approximate surface area is 98.6 Å².